The fraction of sp³-hybridized carbons (Fsp3) is 0.867. The molecule has 20 heavy (non-hydrogen) atoms. The minimum Gasteiger partial charge on any atom is -0.481 e. The number of aliphatic carboxylic acids is 1. The van der Waals surface area contributed by atoms with E-state index in [9.17, 15) is 9.59 Å². The van der Waals surface area contributed by atoms with Crippen LogP contribution in [0.25, 0.3) is 0 Å². The second-order valence-electron chi connectivity index (χ2n) is 6.72. The van der Waals surface area contributed by atoms with Crippen LogP contribution in [0.2, 0.25) is 0 Å². The maximum Gasteiger partial charge on any atom is 0.317 e. The van der Waals surface area contributed by atoms with E-state index in [-0.39, 0.29) is 11.9 Å². The summed E-state index contributed by atoms with van der Waals surface area (Å²) in [6.45, 7) is 1.94. The van der Waals surface area contributed by atoms with Gasteiger partial charge in [0.1, 0.15) is 0 Å². The zero-order valence-electron chi connectivity index (χ0n) is 11.9. The Hall–Kier alpha value is -1.26. The molecule has 3 aliphatic rings. The van der Waals surface area contributed by atoms with Crippen LogP contribution in [0.1, 0.15) is 38.5 Å². The number of fused-ring (bicyclic) bond motifs is 2. The number of carboxylic acid groups (broad SMARTS) is 1. The van der Waals surface area contributed by atoms with Crippen LogP contribution in [0.4, 0.5) is 4.79 Å². The van der Waals surface area contributed by atoms with Gasteiger partial charge in [-0.2, -0.15) is 0 Å². The molecule has 1 heterocycles. The van der Waals surface area contributed by atoms with Crippen LogP contribution < -0.4 is 5.32 Å². The van der Waals surface area contributed by atoms with Crippen molar-refractivity contribution in [3.63, 3.8) is 0 Å². The third kappa shape index (κ3) is 2.76. The van der Waals surface area contributed by atoms with Crippen LogP contribution in [0.5, 0.6) is 0 Å². The number of likely N-dealkylation sites (tertiary alicyclic amines) is 1. The third-order valence-corrected chi connectivity index (χ3v) is 5.53. The molecule has 5 nitrogen and oxygen atoms in total. The molecule has 2 N–H and O–H groups in total. The van der Waals surface area contributed by atoms with Gasteiger partial charge < -0.3 is 15.3 Å². The van der Waals surface area contributed by atoms with Crippen molar-refractivity contribution in [2.45, 2.75) is 38.5 Å². The van der Waals surface area contributed by atoms with Crippen molar-refractivity contribution < 1.29 is 14.7 Å². The van der Waals surface area contributed by atoms with Gasteiger partial charge in [-0.3, -0.25) is 4.79 Å². The lowest BCUT2D eigenvalue weighted by molar-refractivity contribution is -0.143. The van der Waals surface area contributed by atoms with Crippen molar-refractivity contribution in [2.75, 3.05) is 19.6 Å². The minimum absolute atomic E-state index is 0.00314. The van der Waals surface area contributed by atoms with Crippen LogP contribution in [0.3, 0.4) is 0 Å². The number of nitrogens with zero attached hydrogens (tertiary/aromatic N) is 1. The molecule has 0 aromatic carbocycles. The van der Waals surface area contributed by atoms with Gasteiger partial charge in [0.25, 0.3) is 0 Å². The van der Waals surface area contributed by atoms with E-state index in [0.29, 0.717) is 31.8 Å². The quantitative estimate of drug-likeness (QED) is 0.830. The lowest BCUT2D eigenvalue weighted by Crippen LogP contribution is -2.46. The Bertz CT molecular complexity index is 391. The summed E-state index contributed by atoms with van der Waals surface area (Å²) in [5.74, 6) is 1.41. The molecule has 2 amide bonds. The number of rotatable bonds is 3. The number of hydrogen-bond donors (Lipinski definition) is 2. The molecule has 3 unspecified atom stereocenters. The summed E-state index contributed by atoms with van der Waals surface area (Å²) in [5.41, 5.74) is 0. The maximum atomic E-state index is 12.1. The van der Waals surface area contributed by atoms with Crippen molar-refractivity contribution in [2.24, 2.45) is 23.7 Å². The number of amides is 2. The lowest BCUT2D eigenvalue weighted by Gasteiger charge is -2.31. The third-order valence-electron chi connectivity index (χ3n) is 5.53. The summed E-state index contributed by atoms with van der Waals surface area (Å²) in [4.78, 5) is 24.8. The van der Waals surface area contributed by atoms with Crippen LogP contribution in [-0.2, 0) is 4.79 Å². The molecule has 5 heteroatoms. The highest BCUT2D eigenvalue weighted by atomic mass is 16.4. The van der Waals surface area contributed by atoms with E-state index in [4.69, 9.17) is 5.11 Å². The Morgan fingerprint density at radius 1 is 1.10 bits per heavy atom. The second kappa shape index (κ2) is 5.62. The maximum absolute atomic E-state index is 12.1. The molecule has 1 aliphatic heterocycles. The molecule has 3 rings (SSSR count). The first-order valence-corrected chi connectivity index (χ1v) is 7.89. The molecular weight excluding hydrogens is 256 g/mol. The Balaban J connectivity index is 1.40. The fourth-order valence-electron chi connectivity index (χ4n) is 4.29. The zero-order chi connectivity index (χ0) is 14.1. The first kappa shape index (κ1) is 13.7. The normalized spacial score (nSPS) is 33.4. The van der Waals surface area contributed by atoms with Crippen LogP contribution in [0, 0.1) is 23.7 Å². The molecule has 2 saturated carbocycles. The average molecular weight is 280 g/mol. The van der Waals surface area contributed by atoms with Crippen molar-refractivity contribution in [3.8, 4) is 0 Å². The Morgan fingerprint density at radius 3 is 2.40 bits per heavy atom. The van der Waals surface area contributed by atoms with Gasteiger partial charge in [-0.25, -0.2) is 4.79 Å². The standard InChI is InChI=1S/C15H24N2O3/c18-14(19)11-3-5-17(6-4-11)15(20)16-9-13-8-10-1-2-12(13)7-10/h10-13H,1-9H2,(H,16,20)(H,18,19). The minimum atomic E-state index is -0.730. The Kier molecular flexibility index (Phi) is 3.85. The van der Waals surface area contributed by atoms with E-state index in [1.54, 1.807) is 4.90 Å². The van der Waals surface area contributed by atoms with E-state index >= 15 is 0 Å². The average Bonchev–Trinajstić information content (AvgIpc) is 3.07. The van der Waals surface area contributed by atoms with Crippen molar-refractivity contribution in [1.29, 1.82) is 0 Å². The fourth-order valence-corrected chi connectivity index (χ4v) is 4.29. The number of carboxylic acids is 1. The van der Waals surface area contributed by atoms with Crippen LogP contribution >= 0.6 is 0 Å². The molecule has 3 atom stereocenters. The Morgan fingerprint density at radius 2 is 1.85 bits per heavy atom. The van der Waals surface area contributed by atoms with E-state index in [0.717, 1.165) is 18.4 Å². The van der Waals surface area contributed by atoms with Crippen LogP contribution in [-0.4, -0.2) is 41.6 Å². The first-order chi connectivity index (χ1) is 9.63. The van der Waals surface area contributed by atoms with E-state index in [2.05, 4.69) is 5.32 Å². The SMILES string of the molecule is O=C(O)C1CCN(C(=O)NCC2CC3CCC2C3)CC1. The van der Waals surface area contributed by atoms with E-state index in [1.807, 2.05) is 0 Å². The predicted octanol–water partition coefficient (Wildman–Crippen LogP) is 1.93. The van der Waals surface area contributed by atoms with Crippen LogP contribution in [0.15, 0.2) is 0 Å². The number of piperidine rings is 1. The number of carbonyl (C=O) groups is 2. The highest BCUT2D eigenvalue weighted by Gasteiger charge is 2.39. The summed E-state index contributed by atoms with van der Waals surface area (Å²) >= 11 is 0. The van der Waals surface area contributed by atoms with Gasteiger partial charge in [0.2, 0.25) is 0 Å². The molecule has 2 aliphatic carbocycles. The first-order valence-electron chi connectivity index (χ1n) is 7.89. The van der Waals surface area contributed by atoms with Crippen molar-refractivity contribution in [3.05, 3.63) is 0 Å². The molecular formula is C15H24N2O3. The number of urea groups is 1. The van der Waals surface area contributed by atoms with Crippen molar-refractivity contribution in [1.82, 2.24) is 10.2 Å². The molecule has 0 aromatic heterocycles. The molecule has 3 fully saturated rings. The summed E-state index contributed by atoms with van der Waals surface area (Å²) < 4.78 is 0. The van der Waals surface area contributed by atoms with Gasteiger partial charge in [-0.15, -0.1) is 0 Å². The summed E-state index contributed by atoms with van der Waals surface area (Å²) in [6, 6.07) is -0.00314. The molecule has 1 saturated heterocycles. The predicted molar refractivity (Wildman–Crippen MR) is 74.3 cm³/mol. The molecule has 112 valence electrons. The largest absolute Gasteiger partial charge is 0.481 e. The van der Waals surface area contributed by atoms with Gasteiger partial charge in [0.15, 0.2) is 0 Å². The Labute approximate surface area is 119 Å². The zero-order valence-corrected chi connectivity index (χ0v) is 11.9. The molecule has 2 bridgehead atoms. The van der Waals surface area contributed by atoms with Gasteiger partial charge in [0.05, 0.1) is 5.92 Å². The second-order valence-corrected chi connectivity index (χ2v) is 6.72. The van der Waals surface area contributed by atoms with Gasteiger partial charge >= 0.3 is 12.0 Å². The monoisotopic (exact) mass is 280 g/mol. The smallest absolute Gasteiger partial charge is 0.317 e. The lowest BCUT2D eigenvalue weighted by atomic mass is 9.89. The molecule has 0 radical (unpaired) electrons. The molecule has 0 aromatic rings. The van der Waals surface area contributed by atoms with Gasteiger partial charge in [0, 0.05) is 19.6 Å². The summed E-state index contributed by atoms with van der Waals surface area (Å²) in [7, 11) is 0. The van der Waals surface area contributed by atoms with Gasteiger partial charge in [-0.05, 0) is 49.9 Å². The topological polar surface area (TPSA) is 69.6 Å². The van der Waals surface area contributed by atoms with E-state index < -0.39 is 5.97 Å². The van der Waals surface area contributed by atoms with Gasteiger partial charge in [-0.1, -0.05) is 6.42 Å². The highest BCUT2D eigenvalue weighted by Crippen LogP contribution is 2.47. The van der Waals surface area contributed by atoms with Crippen molar-refractivity contribution >= 4 is 12.0 Å². The number of nitrogens with one attached hydrogen (secondary N) is 1. The van der Waals surface area contributed by atoms with E-state index in [1.165, 1.54) is 25.7 Å². The molecule has 0 spiro atoms. The number of hydrogen-bond acceptors (Lipinski definition) is 2. The highest BCUT2D eigenvalue weighted by molar-refractivity contribution is 5.75. The summed E-state index contributed by atoms with van der Waals surface area (Å²) in [5, 5.41) is 12.0. The summed E-state index contributed by atoms with van der Waals surface area (Å²) in [6.07, 6.45) is 6.54. The number of carbonyl (C=O) groups excluding carboxylic acids is 1.